The quantitative estimate of drug-likeness (QED) is 0.178. The minimum Gasteiger partial charge on any atom is -0.497 e. The number of benzene rings is 4. The zero-order valence-corrected chi connectivity index (χ0v) is 27.7. The van der Waals surface area contributed by atoms with Crippen molar-refractivity contribution in [3.05, 3.63) is 120 Å². The van der Waals surface area contributed by atoms with E-state index in [0.29, 0.717) is 23.7 Å². The molecule has 4 rings (SSSR count). The maximum atomic E-state index is 14.5. The smallest absolute Gasteiger partial charge is 0.264 e. The van der Waals surface area contributed by atoms with Crippen molar-refractivity contribution in [3.63, 3.8) is 0 Å². The maximum Gasteiger partial charge on any atom is 0.264 e. The highest BCUT2D eigenvalue weighted by Crippen LogP contribution is 2.27. The number of nitrogens with one attached hydrogen (secondary N) is 1. The number of sulfonamides is 1. The highest BCUT2D eigenvalue weighted by atomic mass is 32.2. The molecule has 9 nitrogen and oxygen atoms in total. The average molecular weight is 662 g/mol. The van der Waals surface area contributed by atoms with Gasteiger partial charge < -0.3 is 19.7 Å². The number of methoxy groups -OCH3 is 1. The predicted octanol–water partition coefficient (Wildman–Crippen LogP) is 5.59. The summed E-state index contributed by atoms with van der Waals surface area (Å²) in [4.78, 5) is 29.6. The molecule has 0 heterocycles. The lowest BCUT2D eigenvalue weighted by molar-refractivity contribution is -0.140. The molecule has 0 fully saturated rings. The van der Waals surface area contributed by atoms with Crippen molar-refractivity contribution in [2.45, 2.75) is 50.7 Å². The van der Waals surface area contributed by atoms with Gasteiger partial charge in [-0.1, -0.05) is 42.5 Å². The van der Waals surface area contributed by atoms with Crippen molar-refractivity contribution in [1.82, 2.24) is 10.2 Å². The van der Waals surface area contributed by atoms with Crippen molar-refractivity contribution in [3.8, 4) is 11.5 Å². The van der Waals surface area contributed by atoms with Gasteiger partial charge in [-0.2, -0.15) is 0 Å². The summed E-state index contributed by atoms with van der Waals surface area (Å²) in [5, 5.41) is 2.93. The molecule has 0 aliphatic heterocycles. The number of nitrogens with zero attached hydrogens (tertiary/aromatic N) is 2. The largest absolute Gasteiger partial charge is 0.497 e. The summed E-state index contributed by atoms with van der Waals surface area (Å²) < 4.78 is 54.1. The van der Waals surface area contributed by atoms with Crippen LogP contribution >= 0.6 is 0 Å². The van der Waals surface area contributed by atoms with Crippen molar-refractivity contribution in [2.24, 2.45) is 0 Å². The van der Waals surface area contributed by atoms with Crippen LogP contribution in [0.15, 0.2) is 108 Å². The van der Waals surface area contributed by atoms with E-state index in [4.69, 9.17) is 9.47 Å². The molecule has 0 aliphatic carbocycles. The minimum absolute atomic E-state index is 0.0145. The average Bonchev–Trinajstić information content (AvgIpc) is 3.06. The molecule has 0 saturated carbocycles. The number of rotatable bonds is 15. The Balaban J connectivity index is 1.80. The Morgan fingerprint density at radius 3 is 2.13 bits per heavy atom. The van der Waals surface area contributed by atoms with E-state index >= 15 is 0 Å². The first-order valence-electron chi connectivity index (χ1n) is 15.3. The first-order valence-corrected chi connectivity index (χ1v) is 16.7. The molecular weight excluding hydrogens is 621 g/mol. The molecule has 1 N–H and O–H groups in total. The Hall–Kier alpha value is -4.90. The van der Waals surface area contributed by atoms with E-state index in [1.54, 1.807) is 24.3 Å². The van der Waals surface area contributed by atoms with Crippen molar-refractivity contribution in [2.75, 3.05) is 24.6 Å². The Morgan fingerprint density at radius 1 is 0.851 bits per heavy atom. The van der Waals surface area contributed by atoms with E-state index in [9.17, 15) is 22.4 Å². The molecule has 1 atom stereocenters. The molecule has 248 valence electrons. The van der Waals surface area contributed by atoms with E-state index in [2.05, 4.69) is 5.32 Å². The molecule has 0 aromatic heterocycles. The summed E-state index contributed by atoms with van der Waals surface area (Å²) >= 11 is 0. The van der Waals surface area contributed by atoms with Crippen molar-refractivity contribution < 1.29 is 31.9 Å². The molecule has 0 unspecified atom stereocenters. The highest BCUT2D eigenvalue weighted by molar-refractivity contribution is 7.92. The second kappa shape index (κ2) is 16.1. The van der Waals surface area contributed by atoms with E-state index in [-0.39, 0.29) is 35.5 Å². The Bertz CT molecular complexity index is 1730. The van der Waals surface area contributed by atoms with Crippen LogP contribution in [0.4, 0.5) is 10.1 Å². The van der Waals surface area contributed by atoms with Gasteiger partial charge >= 0.3 is 0 Å². The van der Waals surface area contributed by atoms with Gasteiger partial charge in [-0.05, 0) is 92.6 Å². The Morgan fingerprint density at radius 2 is 1.51 bits per heavy atom. The van der Waals surface area contributed by atoms with Crippen LogP contribution in [0.5, 0.6) is 11.5 Å². The zero-order valence-electron chi connectivity index (χ0n) is 26.9. The number of amides is 2. The van der Waals surface area contributed by atoms with Gasteiger partial charge in [0.2, 0.25) is 11.8 Å². The second-order valence-corrected chi connectivity index (χ2v) is 13.0. The number of halogens is 1. The monoisotopic (exact) mass is 661 g/mol. The molecule has 0 saturated heterocycles. The summed E-state index contributed by atoms with van der Waals surface area (Å²) in [5.74, 6) is -0.534. The zero-order chi connectivity index (χ0) is 34.0. The van der Waals surface area contributed by atoms with Gasteiger partial charge in [0.15, 0.2) is 0 Å². The lowest BCUT2D eigenvalue weighted by atomic mass is 10.0. The van der Waals surface area contributed by atoms with Gasteiger partial charge in [0.1, 0.15) is 29.9 Å². The van der Waals surface area contributed by atoms with Crippen LogP contribution in [0.3, 0.4) is 0 Å². The molecule has 4 aromatic rings. The number of carbonyl (C=O) groups excluding carboxylic acids is 2. The molecular formula is C36H40FN3O6S. The highest BCUT2D eigenvalue weighted by Gasteiger charge is 2.35. The molecule has 0 aliphatic rings. The Kier molecular flexibility index (Phi) is 12.0. The van der Waals surface area contributed by atoms with Crippen molar-refractivity contribution in [1.29, 1.82) is 0 Å². The fourth-order valence-corrected chi connectivity index (χ4v) is 6.45. The molecule has 2 amide bonds. The summed E-state index contributed by atoms with van der Waals surface area (Å²) in [6.45, 7) is 5.19. The minimum atomic E-state index is -4.35. The van der Waals surface area contributed by atoms with Gasteiger partial charge in [-0.15, -0.1) is 0 Å². The third-order valence-corrected chi connectivity index (χ3v) is 9.09. The maximum absolute atomic E-state index is 14.5. The van der Waals surface area contributed by atoms with Crippen LogP contribution in [-0.2, 0) is 32.6 Å². The van der Waals surface area contributed by atoms with Gasteiger partial charge in [-0.3, -0.25) is 13.9 Å². The second-order valence-electron chi connectivity index (χ2n) is 11.1. The first-order chi connectivity index (χ1) is 22.5. The van der Waals surface area contributed by atoms with E-state index in [1.165, 1.54) is 48.4 Å². The van der Waals surface area contributed by atoms with Crippen LogP contribution in [0.1, 0.15) is 31.9 Å². The topological polar surface area (TPSA) is 105 Å². The number of hydrogen-bond donors (Lipinski definition) is 1. The van der Waals surface area contributed by atoms with Gasteiger partial charge in [0.05, 0.1) is 24.3 Å². The number of hydrogen-bond acceptors (Lipinski definition) is 6. The van der Waals surface area contributed by atoms with E-state index < -0.39 is 34.3 Å². The standard InChI is InChI=1S/C36H40FN3O6S/c1-5-46-31-18-20-33(21-19-31)47(43,44)40(30-16-14-29(37)15-17-30)25-35(41)39(24-28-12-9-13-32(22-28)45-4)34(36(42)38-26(2)3)23-27-10-7-6-8-11-27/h6-22,26,34H,5,23-25H2,1-4H3,(H,38,42)/t34-/m0/s1. The molecule has 0 spiro atoms. The summed E-state index contributed by atoms with van der Waals surface area (Å²) in [6.07, 6.45) is 0.178. The molecule has 4 aromatic carbocycles. The normalized spacial score (nSPS) is 11.9. The summed E-state index contributed by atoms with van der Waals surface area (Å²) in [6, 6.07) is 25.9. The van der Waals surface area contributed by atoms with Crippen molar-refractivity contribution >= 4 is 27.5 Å². The van der Waals surface area contributed by atoms with Crippen LogP contribution in [0, 0.1) is 5.82 Å². The van der Waals surface area contributed by atoms with E-state index in [1.807, 2.05) is 51.1 Å². The fourth-order valence-electron chi connectivity index (χ4n) is 5.04. The first kappa shape index (κ1) is 35.0. The number of anilines is 1. The van der Waals surface area contributed by atoms with E-state index in [0.717, 1.165) is 22.0 Å². The number of ether oxygens (including phenoxy) is 2. The third-order valence-electron chi connectivity index (χ3n) is 7.31. The molecule has 11 heteroatoms. The lowest BCUT2D eigenvalue weighted by Crippen LogP contribution is -2.54. The molecule has 47 heavy (non-hydrogen) atoms. The summed E-state index contributed by atoms with van der Waals surface area (Å²) in [5.41, 5.74) is 1.58. The van der Waals surface area contributed by atoms with Crippen LogP contribution < -0.4 is 19.1 Å². The lowest BCUT2D eigenvalue weighted by Gasteiger charge is -2.34. The third kappa shape index (κ3) is 9.32. The van der Waals surface area contributed by atoms with Gasteiger partial charge in [0, 0.05) is 19.0 Å². The molecule has 0 radical (unpaired) electrons. The Labute approximate surface area is 276 Å². The van der Waals surface area contributed by atoms with Gasteiger partial charge in [0.25, 0.3) is 10.0 Å². The SMILES string of the molecule is CCOc1ccc(S(=O)(=O)N(CC(=O)N(Cc2cccc(OC)c2)[C@@H](Cc2ccccc2)C(=O)NC(C)C)c2ccc(F)cc2)cc1. The predicted molar refractivity (Wildman–Crippen MR) is 179 cm³/mol. The van der Waals surface area contributed by atoms with Crippen LogP contribution in [0.2, 0.25) is 0 Å². The van der Waals surface area contributed by atoms with Gasteiger partial charge in [-0.25, -0.2) is 12.8 Å². The van der Waals surface area contributed by atoms with Crippen LogP contribution in [0.25, 0.3) is 0 Å². The summed E-state index contributed by atoms with van der Waals surface area (Å²) in [7, 11) is -2.82. The fraction of sp³-hybridized carbons (Fsp3) is 0.278. The number of carbonyl (C=O) groups is 2. The van der Waals surface area contributed by atoms with Crippen LogP contribution in [-0.4, -0.2) is 57.5 Å². The molecule has 0 bridgehead atoms.